The van der Waals surface area contributed by atoms with Gasteiger partial charge in [-0.15, -0.1) is 0 Å². The number of aryl methyl sites for hydroxylation is 1. The minimum Gasteiger partial charge on any atom is -0.435 e. The number of alkyl halides is 2. The van der Waals surface area contributed by atoms with E-state index < -0.39 is 18.6 Å². The Hall–Kier alpha value is -3.74. The van der Waals surface area contributed by atoms with E-state index in [1.165, 1.54) is 24.3 Å². The van der Waals surface area contributed by atoms with Crippen molar-refractivity contribution in [1.29, 1.82) is 0 Å². The molecule has 0 saturated heterocycles. The van der Waals surface area contributed by atoms with E-state index in [4.69, 9.17) is 0 Å². The normalized spacial score (nSPS) is 11.6. The predicted octanol–water partition coefficient (Wildman–Crippen LogP) is 4.58. The Bertz CT molecular complexity index is 1040. The second-order valence-electron chi connectivity index (χ2n) is 6.93. The van der Waals surface area contributed by atoms with E-state index >= 15 is 0 Å². The Kier molecular flexibility index (Phi) is 7.32. The quantitative estimate of drug-likeness (QED) is 0.556. The van der Waals surface area contributed by atoms with Gasteiger partial charge < -0.3 is 15.4 Å². The van der Waals surface area contributed by atoms with Crippen LogP contribution in [0.15, 0.2) is 78.9 Å². The van der Waals surface area contributed by atoms with E-state index in [9.17, 15) is 18.4 Å². The first-order valence-electron chi connectivity index (χ1n) is 9.68. The Balaban J connectivity index is 1.80. The molecule has 3 rings (SSSR count). The highest BCUT2D eigenvalue weighted by Crippen LogP contribution is 2.17. The van der Waals surface area contributed by atoms with Gasteiger partial charge in [-0.05, 0) is 42.3 Å². The van der Waals surface area contributed by atoms with Crippen LogP contribution >= 0.6 is 0 Å². The van der Waals surface area contributed by atoms with Gasteiger partial charge in [0.25, 0.3) is 5.91 Å². The molecule has 31 heavy (non-hydrogen) atoms. The number of rotatable bonds is 8. The van der Waals surface area contributed by atoms with Crippen molar-refractivity contribution in [3.05, 3.63) is 95.6 Å². The molecule has 2 amide bonds. The number of nitrogens with one attached hydrogen (secondary N) is 2. The lowest BCUT2D eigenvalue weighted by Crippen LogP contribution is -2.45. The van der Waals surface area contributed by atoms with Crippen molar-refractivity contribution in [3.63, 3.8) is 0 Å². The molecule has 1 unspecified atom stereocenters. The van der Waals surface area contributed by atoms with Gasteiger partial charge in [-0.2, -0.15) is 8.78 Å². The third-order valence-corrected chi connectivity index (χ3v) is 4.63. The number of carbonyl (C=O) groups is 2. The molecular formula is C24H22F2N2O3. The molecule has 0 spiro atoms. The lowest BCUT2D eigenvalue weighted by atomic mass is 10.0. The molecule has 0 bridgehead atoms. The second-order valence-corrected chi connectivity index (χ2v) is 6.93. The number of para-hydroxylation sites is 1. The van der Waals surface area contributed by atoms with Gasteiger partial charge in [0, 0.05) is 17.7 Å². The maximum Gasteiger partial charge on any atom is 0.387 e. The molecular weight excluding hydrogens is 402 g/mol. The van der Waals surface area contributed by atoms with Crippen LogP contribution in [0.5, 0.6) is 5.75 Å². The molecule has 0 heterocycles. The van der Waals surface area contributed by atoms with Crippen molar-refractivity contribution in [2.45, 2.75) is 26.0 Å². The number of amides is 2. The summed E-state index contributed by atoms with van der Waals surface area (Å²) in [5.41, 5.74) is 2.51. The lowest BCUT2D eigenvalue weighted by molar-refractivity contribution is -0.118. The van der Waals surface area contributed by atoms with E-state index in [0.29, 0.717) is 5.69 Å². The number of halogens is 2. The average Bonchev–Trinajstić information content (AvgIpc) is 2.75. The van der Waals surface area contributed by atoms with E-state index in [1.807, 2.05) is 55.5 Å². The topological polar surface area (TPSA) is 67.4 Å². The highest BCUT2D eigenvalue weighted by atomic mass is 19.3. The fourth-order valence-electron chi connectivity index (χ4n) is 3.05. The summed E-state index contributed by atoms with van der Waals surface area (Å²) in [6.45, 7) is -1.13. The molecule has 0 aliphatic carbocycles. The van der Waals surface area contributed by atoms with Crippen LogP contribution in [0.3, 0.4) is 0 Å². The van der Waals surface area contributed by atoms with E-state index in [2.05, 4.69) is 15.4 Å². The van der Waals surface area contributed by atoms with Crippen LogP contribution in [-0.2, 0) is 11.2 Å². The highest BCUT2D eigenvalue weighted by molar-refractivity contribution is 6.01. The minimum absolute atomic E-state index is 0.111. The summed E-state index contributed by atoms with van der Waals surface area (Å²) in [6, 6.07) is 21.1. The van der Waals surface area contributed by atoms with Crippen molar-refractivity contribution in [2.24, 2.45) is 0 Å². The minimum atomic E-state index is -3.00. The number of hydrogen-bond acceptors (Lipinski definition) is 3. The van der Waals surface area contributed by atoms with E-state index in [1.54, 1.807) is 6.07 Å². The maximum absolute atomic E-state index is 13.0. The molecule has 0 aromatic heterocycles. The van der Waals surface area contributed by atoms with Gasteiger partial charge in [-0.3, -0.25) is 9.59 Å². The fourth-order valence-corrected chi connectivity index (χ4v) is 3.05. The SMILES string of the molecule is Cc1ccccc1NC(=O)C(Cc1ccccc1)NC(=O)c1cccc(OC(F)F)c1. The molecule has 3 aromatic carbocycles. The van der Waals surface area contributed by atoms with Gasteiger partial charge in [0.15, 0.2) is 0 Å². The van der Waals surface area contributed by atoms with Gasteiger partial charge >= 0.3 is 6.61 Å². The number of carbonyl (C=O) groups excluding carboxylic acids is 2. The van der Waals surface area contributed by atoms with Crippen molar-refractivity contribution in [3.8, 4) is 5.75 Å². The Labute approximate surface area is 179 Å². The predicted molar refractivity (Wildman–Crippen MR) is 114 cm³/mol. The first kappa shape index (κ1) is 22.0. The van der Waals surface area contributed by atoms with Gasteiger partial charge in [0.1, 0.15) is 11.8 Å². The summed E-state index contributed by atoms with van der Waals surface area (Å²) >= 11 is 0. The van der Waals surface area contributed by atoms with Crippen LogP contribution in [0.25, 0.3) is 0 Å². The van der Waals surface area contributed by atoms with Crippen molar-refractivity contribution in [1.82, 2.24) is 5.32 Å². The van der Waals surface area contributed by atoms with Crippen molar-refractivity contribution in [2.75, 3.05) is 5.32 Å². The Morgan fingerprint density at radius 2 is 1.65 bits per heavy atom. The summed E-state index contributed by atoms with van der Waals surface area (Å²) < 4.78 is 29.3. The first-order valence-corrected chi connectivity index (χ1v) is 9.68. The molecule has 3 aromatic rings. The van der Waals surface area contributed by atoms with Crippen LogP contribution < -0.4 is 15.4 Å². The van der Waals surface area contributed by atoms with Crippen molar-refractivity contribution >= 4 is 17.5 Å². The van der Waals surface area contributed by atoms with Crippen LogP contribution in [0.1, 0.15) is 21.5 Å². The molecule has 0 aliphatic heterocycles. The standard InChI is InChI=1S/C24H22F2N2O3/c1-16-8-5-6-13-20(16)27-23(30)21(14-17-9-3-2-4-10-17)28-22(29)18-11-7-12-19(15-18)31-24(25)26/h2-13,15,21,24H,14H2,1H3,(H,27,30)(H,28,29). The summed E-state index contributed by atoms with van der Waals surface area (Å²) in [6.07, 6.45) is 0.261. The van der Waals surface area contributed by atoms with Gasteiger partial charge in [0.05, 0.1) is 0 Å². The summed E-state index contributed by atoms with van der Waals surface area (Å²) in [7, 11) is 0. The number of ether oxygens (including phenoxy) is 1. The number of anilines is 1. The van der Waals surface area contributed by atoms with Crippen LogP contribution in [0.2, 0.25) is 0 Å². The molecule has 5 nitrogen and oxygen atoms in total. The van der Waals surface area contributed by atoms with Gasteiger partial charge in [-0.1, -0.05) is 54.6 Å². The zero-order valence-electron chi connectivity index (χ0n) is 16.8. The van der Waals surface area contributed by atoms with Gasteiger partial charge in [-0.25, -0.2) is 0 Å². The van der Waals surface area contributed by atoms with Crippen molar-refractivity contribution < 1.29 is 23.1 Å². The monoisotopic (exact) mass is 424 g/mol. The maximum atomic E-state index is 13.0. The second kappa shape index (κ2) is 10.3. The van der Waals surface area contributed by atoms with Crippen LogP contribution in [-0.4, -0.2) is 24.5 Å². The first-order chi connectivity index (χ1) is 14.9. The van der Waals surface area contributed by atoms with Crippen LogP contribution in [0.4, 0.5) is 14.5 Å². The highest BCUT2D eigenvalue weighted by Gasteiger charge is 2.23. The van der Waals surface area contributed by atoms with Gasteiger partial charge in [0.2, 0.25) is 5.91 Å². The Morgan fingerprint density at radius 1 is 0.935 bits per heavy atom. The molecule has 0 saturated carbocycles. The molecule has 160 valence electrons. The summed E-state index contributed by atoms with van der Waals surface area (Å²) in [5.74, 6) is -1.08. The summed E-state index contributed by atoms with van der Waals surface area (Å²) in [4.78, 5) is 25.8. The smallest absolute Gasteiger partial charge is 0.387 e. The third kappa shape index (κ3) is 6.37. The molecule has 7 heteroatoms. The number of benzene rings is 3. The number of hydrogen-bond donors (Lipinski definition) is 2. The zero-order chi connectivity index (χ0) is 22.2. The van der Waals surface area contributed by atoms with E-state index in [-0.39, 0.29) is 23.6 Å². The third-order valence-electron chi connectivity index (χ3n) is 4.63. The molecule has 0 aliphatic rings. The zero-order valence-corrected chi connectivity index (χ0v) is 16.8. The summed E-state index contributed by atoms with van der Waals surface area (Å²) in [5, 5.41) is 5.56. The molecule has 0 radical (unpaired) electrons. The van der Waals surface area contributed by atoms with E-state index in [0.717, 1.165) is 11.1 Å². The lowest BCUT2D eigenvalue weighted by Gasteiger charge is -2.20. The average molecular weight is 424 g/mol. The molecule has 2 N–H and O–H groups in total. The fraction of sp³-hybridized carbons (Fsp3) is 0.167. The molecule has 0 fully saturated rings. The van der Waals surface area contributed by atoms with Crippen LogP contribution in [0, 0.1) is 6.92 Å². The Morgan fingerprint density at radius 3 is 2.35 bits per heavy atom. The molecule has 1 atom stereocenters. The largest absolute Gasteiger partial charge is 0.435 e.